The van der Waals surface area contributed by atoms with Crippen LogP contribution >= 0.6 is 15.9 Å². The fraction of sp³-hybridized carbons (Fsp3) is 0.600. The molecule has 1 nitrogen and oxygen atoms in total. The van der Waals surface area contributed by atoms with Crippen molar-refractivity contribution in [3.05, 3.63) is 34.1 Å². The maximum atomic E-state index is 13.1. The maximum absolute atomic E-state index is 13.1. The Morgan fingerprint density at radius 2 is 1.94 bits per heavy atom. The minimum Gasteiger partial charge on any atom is -0.393 e. The van der Waals surface area contributed by atoms with Crippen molar-refractivity contribution in [3.63, 3.8) is 0 Å². The molecule has 0 saturated carbocycles. The van der Waals surface area contributed by atoms with Gasteiger partial charge >= 0.3 is 0 Å². The number of halogens is 2. The molecule has 0 radical (unpaired) electrons. The van der Waals surface area contributed by atoms with Crippen LogP contribution in [0.2, 0.25) is 0 Å². The van der Waals surface area contributed by atoms with E-state index in [2.05, 4.69) is 22.9 Å². The lowest BCUT2D eigenvalue weighted by atomic mass is 10.0. The Balaban J connectivity index is 2.30. The molecule has 0 aliphatic rings. The number of benzene rings is 1. The summed E-state index contributed by atoms with van der Waals surface area (Å²) < 4.78 is 14.0. The molecule has 102 valence electrons. The molecule has 18 heavy (non-hydrogen) atoms. The largest absolute Gasteiger partial charge is 0.393 e. The van der Waals surface area contributed by atoms with Crippen LogP contribution in [-0.2, 0) is 6.42 Å². The van der Waals surface area contributed by atoms with E-state index in [0.717, 1.165) is 22.9 Å². The van der Waals surface area contributed by atoms with Gasteiger partial charge in [-0.1, -0.05) is 55.0 Å². The van der Waals surface area contributed by atoms with E-state index in [1.165, 1.54) is 37.8 Å². The molecule has 1 unspecified atom stereocenters. The van der Waals surface area contributed by atoms with Crippen molar-refractivity contribution in [2.75, 3.05) is 0 Å². The Bertz CT molecular complexity index is 354. The first-order valence-corrected chi connectivity index (χ1v) is 7.54. The van der Waals surface area contributed by atoms with E-state index in [1.54, 1.807) is 6.07 Å². The highest BCUT2D eigenvalue weighted by Crippen LogP contribution is 2.20. The van der Waals surface area contributed by atoms with E-state index in [4.69, 9.17) is 0 Å². The van der Waals surface area contributed by atoms with Gasteiger partial charge in [0.15, 0.2) is 0 Å². The minimum absolute atomic E-state index is 0.247. The van der Waals surface area contributed by atoms with Crippen LogP contribution in [0.25, 0.3) is 0 Å². The number of hydrogen-bond acceptors (Lipinski definition) is 1. The highest BCUT2D eigenvalue weighted by atomic mass is 79.9. The quantitative estimate of drug-likeness (QED) is 0.679. The molecule has 0 aliphatic carbocycles. The van der Waals surface area contributed by atoms with Gasteiger partial charge in [-0.05, 0) is 36.6 Å². The van der Waals surface area contributed by atoms with E-state index in [9.17, 15) is 9.50 Å². The van der Waals surface area contributed by atoms with Crippen LogP contribution in [0.15, 0.2) is 22.7 Å². The van der Waals surface area contributed by atoms with Crippen LogP contribution in [0.4, 0.5) is 4.39 Å². The van der Waals surface area contributed by atoms with Crippen LogP contribution in [-0.4, -0.2) is 11.2 Å². The van der Waals surface area contributed by atoms with Gasteiger partial charge in [0.1, 0.15) is 5.82 Å². The summed E-state index contributed by atoms with van der Waals surface area (Å²) in [4.78, 5) is 0. The third kappa shape index (κ3) is 5.96. The number of rotatable bonds is 8. The number of aliphatic hydroxyl groups is 1. The van der Waals surface area contributed by atoms with Crippen molar-refractivity contribution in [1.29, 1.82) is 0 Å². The zero-order valence-corrected chi connectivity index (χ0v) is 12.5. The van der Waals surface area contributed by atoms with Crippen LogP contribution in [0.5, 0.6) is 0 Å². The molecule has 0 aromatic heterocycles. The Morgan fingerprint density at radius 3 is 2.67 bits per heavy atom. The van der Waals surface area contributed by atoms with E-state index in [0.29, 0.717) is 6.42 Å². The molecule has 3 heteroatoms. The molecule has 1 atom stereocenters. The predicted molar refractivity (Wildman–Crippen MR) is 77.2 cm³/mol. The Kier molecular flexibility index (Phi) is 7.52. The standard InChI is InChI=1S/C15H22BrFO/c1-2-3-4-5-6-7-14(18)11-12-10-13(17)8-9-15(12)16/h8-10,14,18H,2-7,11H2,1H3. The molecule has 0 spiro atoms. The second kappa shape index (κ2) is 8.65. The molecule has 0 aliphatic heterocycles. The van der Waals surface area contributed by atoms with Gasteiger partial charge in [-0.25, -0.2) is 4.39 Å². The average molecular weight is 317 g/mol. The van der Waals surface area contributed by atoms with Crippen molar-refractivity contribution in [1.82, 2.24) is 0 Å². The summed E-state index contributed by atoms with van der Waals surface area (Å²) in [6, 6.07) is 4.60. The van der Waals surface area contributed by atoms with Crippen LogP contribution in [0, 0.1) is 5.82 Å². The fourth-order valence-corrected chi connectivity index (χ4v) is 2.45. The number of hydrogen-bond donors (Lipinski definition) is 1. The molecule has 1 aromatic carbocycles. The third-order valence-electron chi connectivity index (χ3n) is 3.10. The van der Waals surface area contributed by atoms with E-state index in [-0.39, 0.29) is 11.9 Å². The van der Waals surface area contributed by atoms with Gasteiger partial charge in [0.2, 0.25) is 0 Å². The number of unbranched alkanes of at least 4 members (excludes halogenated alkanes) is 4. The summed E-state index contributed by atoms with van der Waals surface area (Å²) in [5.41, 5.74) is 0.844. The SMILES string of the molecule is CCCCCCCC(O)Cc1cc(F)ccc1Br. The van der Waals surface area contributed by atoms with E-state index in [1.807, 2.05) is 0 Å². The van der Waals surface area contributed by atoms with Gasteiger partial charge in [0.25, 0.3) is 0 Å². The lowest BCUT2D eigenvalue weighted by Crippen LogP contribution is -2.10. The molecule has 0 saturated heterocycles. The van der Waals surface area contributed by atoms with Gasteiger partial charge in [0, 0.05) is 4.47 Å². The summed E-state index contributed by atoms with van der Waals surface area (Å²) in [6.45, 7) is 2.19. The Morgan fingerprint density at radius 1 is 1.22 bits per heavy atom. The molecule has 1 N–H and O–H groups in total. The Labute approximate surface area is 118 Å². The van der Waals surface area contributed by atoms with E-state index < -0.39 is 0 Å². The summed E-state index contributed by atoms with van der Waals surface area (Å²) in [7, 11) is 0. The van der Waals surface area contributed by atoms with Crippen molar-refractivity contribution in [2.45, 2.75) is 58.0 Å². The van der Waals surface area contributed by atoms with Crippen molar-refractivity contribution >= 4 is 15.9 Å². The first-order valence-electron chi connectivity index (χ1n) is 6.75. The second-order valence-corrected chi connectivity index (χ2v) is 5.65. The highest BCUT2D eigenvalue weighted by Gasteiger charge is 2.09. The molecular formula is C15H22BrFO. The Hall–Kier alpha value is -0.410. The first kappa shape index (κ1) is 15.6. The second-order valence-electron chi connectivity index (χ2n) is 4.80. The lowest BCUT2D eigenvalue weighted by Gasteiger charge is -2.12. The van der Waals surface area contributed by atoms with E-state index >= 15 is 0 Å². The van der Waals surface area contributed by atoms with Crippen LogP contribution in [0.3, 0.4) is 0 Å². The molecule has 0 amide bonds. The van der Waals surface area contributed by atoms with Crippen LogP contribution < -0.4 is 0 Å². The highest BCUT2D eigenvalue weighted by molar-refractivity contribution is 9.10. The first-order chi connectivity index (χ1) is 8.63. The minimum atomic E-state index is -0.371. The zero-order valence-electron chi connectivity index (χ0n) is 11.0. The predicted octanol–water partition coefficient (Wildman–Crippen LogP) is 4.85. The average Bonchev–Trinajstić information content (AvgIpc) is 2.33. The zero-order chi connectivity index (χ0) is 13.4. The summed E-state index contributed by atoms with van der Waals surface area (Å²) >= 11 is 3.38. The summed E-state index contributed by atoms with van der Waals surface area (Å²) in [5, 5.41) is 9.93. The van der Waals surface area contributed by atoms with Gasteiger partial charge in [-0.15, -0.1) is 0 Å². The van der Waals surface area contributed by atoms with Crippen LogP contribution in [0.1, 0.15) is 51.0 Å². The normalized spacial score (nSPS) is 12.7. The number of aliphatic hydroxyl groups excluding tert-OH is 1. The smallest absolute Gasteiger partial charge is 0.123 e. The molecule has 0 bridgehead atoms. The van der Waals surface area contributed by atoms with Gasteiger partial charge in [0.05, 0.1) is 6.10 Å². The molecule has 1 rings (SSSR count). The van der Waals surface area contributed by atoms with Gasteiger partial charge in [-0.2, -0.15) is 0 Å². The summed E-state index contributed by atoms with van der Waals surface area (Å²) in [6.07, 6.45) is 6.92. The lowest BCUT2D eigenvalue weighted by molar-refractivity contribution is 0.160. The third-order valence-corrected chi connectivity index (χ3v) is 3.88. The monoisotopic (exact) mass is 316 g/mol. The molecule has 1 aromatic rings. The fourth-order valence-electron chi connectivity index (χ4n) is 2.04. The molecular weight excluding hydrogens is 295 g/mol. The van der Waals surface area contributed by atoms with Gasteiger partial charge < -0.3 is 5.11 Å². The maximum Gasteiger partial charge on any atom is 0.123 e. The summed E-state index contributed by atoms with van der Waals surface area (Å²) in [5.74, 6) is -0.247. The van der Waals surface area contributed by atoms with Crippen molar-refractivity contribution < 1.29 is 9.50 Å². The topological polar surface area (TPSA) is 20.2 Å². The van der Waals surface area contributed by atoms with Gasteiger partial charge in [-0.3, -0.25) is 0 Å². The van der Waals surface area contributed by atoms with Crippen molar-refractivity contribution in [2.24, 2.45) is 0 Å². The van der Waals surface area contributed by atoms with Crippen molar-refractivity contribution in [3.8, 4) is 0 Å². The molecule has 0 heterocycles. The molecule has 0 fully saturated rings.